The maximum Gasteiger partial charge on any atom is 0.356 e. The van der Waals surface area contributed by atoms with Crippen LogP contribution >= 0.6 is 23.2 Å². The number of para-hydroxylation sites is 1. The Labute approximate surface area is 189 Å². The number of aromatic nitrogens is 2. The molecule has 0 aliphatic carbocycles. The Morgan fingerprint density at radius 3 is 2.84 bits per heavy atom. The lowest BCUT2D eigenvalue weighted by Crippen LogP contribution is -2.15. The zero-order chi connectivity index (χ0) is 21.4. The number of hydrogen-bond donors (Lipinski definition) is 0. The monoisotopic (exact) mass is 454 g/mol. The van der Waals surface area contributed by atoms with E-state index in [0.29, 0.717) is 35.5 Å². The molecule has 0 saturated carbocycles. The van der Waals surface area contributed by atoms with Crippen molar-refractivity contribution in [3.05, 3.63) is 76.0 Å². The maximum absolute atomic E-state index is 12.6. The number of fused-ring (bicyclic) bond motifs is 3. The molecule has 7 heteroatoms. The summed E-state index contributed by atoms with van der Waals surface area (Å²) in [7, 11) is 0. The smallest absolute Gasteiger partial charge is 0.356 e. The summed E-state index contributed by atoms with van der Waals surface area (Å²) >= 11 is 12.6. The van der Waals surface area contributed by atoms with E-state index in [1.807, 2.05) is 30.3 Å². The molecular formula is C24H20Cl2N2O3. The molecule has 5 nitrogen and oxygen atoms in total. The third-order valence-corrected chi connectivity index (χ3v) is 6.28. The Morgan fingerprint density at radius 1 is 1.13 bits per heavy atom. The molecule has 1 atom stereocenters. The highest BCUT2D eigenvalue weighted by Crippen LogP contribution is 2.31. The molecule has 1 fully saturated rings. The van der Waals surface area contributed by atoms with E-state index in [0.717, 1.165) is 40.4 Å². The lowest BCUT2D eigenvalue weighted by atomic mass is 10.1. The van der Waals surface area contributed by atoms with Crippen LogP contribution < -0.4 is 0 Å². The van der Waals surface area contributed by atoms with Gasteiger partial charge in [0.05, 0.1) is 24.9 Å². The van der Waals surface area contributed by atoms with E-state index in [2.05, 4.69) is 9.55 Å². The van der Waals surface area contributed by atoms with E-state index in [-0.39, 0.29) is 5.92 Å². The van der Waals surface area contributed by atoms with E-state index >= 15 is 0 Å². The quantitative estimate of drug-likeness (QED) is 0.361. The van der Waals surface area contributed by atoms with E-state index in [4.69, 9.17) is 32.7 Å². The van der Waals surface area contributed by atoms with Crippen LogP contribution in [0.2, 0.25) is 10.0 Å². The normalized spacial score (nSPS) is 16.3. The van der Waals surface area contributed by atoms with Crippen LogP contribution in [0.25, 0.3) is 21.8 Å². The molecule has 0 spiro atoms. The Balaban J connectivity index is 1.52. The zero-order valence-corrected chi connectivity index (χ0v) is 18.2. The third kappa shape index (κ3) is 4.01. The number of rotatable bonds is 5. The fourth-order valence-corrected chi connectivity index (χ4v) is 4.42. The fraction of sp³-hybridized carbons (Fsp3) is 0.250. The molecule has 2 aromatic carbocycles. The highest BCUT2D eigenvalue weighted by Gasteiger charge is 2.20. The minimum atomic E-state index is -0.413. The molecule has 4 aromatic rings. The van der Waals surface area contributed by atoms with Gasteiger partial charge in [0.25, 0.3) is 0 Å². The van der Waals surface area contributed by atoms with Gasteiger partial charge >= 0.3 is 5.97 Å². The van der Waals surface area contributed by atoms with Crippen molar-refractivity contribution in [3.63, 3.8) is 0 Å². The summed E-state index contributed by atoms with van der Waals surface area (Å²) in [4.78, 5) is 17.0. The Hall–Kier alpha value is -2.60. The van der Waals surface area contributed by atoms with Gasteiger partial charge in [-0.25, -0.2) is 9.78 Å². The predicted molar refractivity (Wildman–Crippen MR) is 122 cm³/mol. The Kier molecular flexibility index (Phi) is 5.57. The topological polar surface area (TPSA) is 53.4 Å². The molecule has 1 aliphatic rings. The molecular weight excluding hydrogens is 435 g/mol. The summed E-state index contributed by atoms with van der Waals surface area (Å²) in [5.74, 6) is -0.152. The van der Waals surface area contributed by atoms with Crippen LogP contribution in [-0.2, 0) is 16.0 Å². The van der Waals surface area contributed by atoms with Crippen molar-refractivity contribution in [1.82, 2.24) is 9.55 Å². The number of halogens is 2. The van der Waals surface area contributed by atoms with E-state index in [1.54, 1.807) is 24.4 Å². The van der Waals surface area contributed by atoms with Crippen molar-refractivity contribution in [3.8, 4) is 0 Å². The van der Waals surface area contributed by atoms with Crippen LogP contribution in [0.1, 0.15) is 22.5 Å². The second kappa shape index (κ2) is 8.50. The highest BCUT2D eigenvalue weighted by molar-refractivity contribution is 6.33. The number of hydrogen-bond acceptors (Lipinski definition) is 4. The lowest BCUT2D eigenvalue weighted by Gasteiger charge is -2.10. The van der Waals surface area contributed by atoms with Crippen LogP contribution in [0.15, 0.2) is 54.7 Å². The fourth-order valence-electron chi connectivity index (χ4n) is 4.04. The van der Waals surface area contributed by atoms with Crippen molar-refractivity contribution in [2.75, 3.05) is 19.8 Å². The van der Waals surface area contributed by atoms with Gasteiger partial charge in [-0.1, -0.05) is 41.4 Å². The van der Waals surface area contributed by atoms with Gasteiger partial charge in [-0.2, -0.15) is 0 Å². The number of esters is 1. The summed E-state index contributed by atoms with van der Waals surface area (Å²) < 4.78 is 13.0. The van der Waals surface area contributed by atoms with E-state index < -0.39 is 5.97 Å². The average molecular weight is 455 g/mol. The SMILES string of the molecule is O=C(OCC1CCOC1)c1cc2c3ccccc3n(Cc3cc(Cl)ccc3Cl)c2cn1. The Morgan fingerprint density at radius 2 is 2.00 bits per heavy atom. The second-order valence-electron chi connectivity index (χ2n) is 7.75. The van der Waals surface area contributed by atoms with Gasteiger partial charge in [0.2, 0.25) is 0 Å². The van der Waals surface area contributed by atoms with Gasteiger partial charge in [-0.15, -0.1) is 0 Å². The first kappa shape index (κ1) is 20.3. The third-order valence-electron chi connectivity index (χ3n) is 5.68. The van der Waals surface area contributed by atoms with Crippen molar-refractivity contribution in [2.24, 2.45) is 5.92 Å². The van der Waals surface area contributed by atoms with Crippen molar-refractivity contribution < 1.29 is 14.3 Å². The van der Waals surface area contributed by atoms with E-state index in [9.17, 15) is 4.79 Å². The molecule has 158 valence electrons. The van der Waals surface area contributed by atoms with Gasteiger partial charge in [-0.05, 0) is 42.3 Å². The standard InChI is InChI=1S/C24H20Cl2N2O3/c25-17-5-6-20(26)16(9-17)12-28-22-4-2-1-3-18(22)19-10-21(27-11-23(19)28)24(29)31-14-15-7-8-30-13-15/h1-6,9-11,15H,7-8,12-14H2. The molecule has 2 aromatic heterocycles. The molecule has 1 aliphatic heterocycles. The lowest BCUT2D eigenvalue weighted by molar-refractivity contribution is 0.0421. The highest BCUT2D eigenvalue weighted by atomic mass is 35.5. The molecule has 1 unspecified atom stereocenters. The van der Waals surface area contributed by atoms with Crippen LogP contribution in [-0.4, -0.2) is 35.3 Å². The molecule has 31 heavy (non-hydrogen) atoms. The number of nitrogens with zero attached hydrogens (tertiary/aromatic N) is 2. The number of carbonyl (C=O) groups is 1. The van der Waals surface area contributed by atoms with Gasteiger partial charge in [0.15, 0.2) is 0 Å². The van der Waals surface area contributed by atoms with Crippen LogP contribution in [0.5, 0.6) is 0 Å². The number of carbonyl (C=O) groups excluding carboxylic acids is 1. The summed E-state index contributed by atoms with van der Waals surface area (Å²) in [5.41, 5.74) is 3.16. The van der Waals surface area contributed by atoms with Gasteiger partial charge in [0.1, 0.15) is 5.69 Å². The molecule has 1 saturated heterocycles. The number of benzene rings is 2. The summed E-state index contributed by atoms with van der Waals surface area (Å²) in [6.07, 6.45) is 2.64. The van der Waals surface area contributed by atoms with Gasteiger partial charge in [0, 0.05) is 45.4 Å². The van der Waals surface area contributed by atoms with E-state index in [1.165, 1.54) is 0 Å². The second-order valence-corrected chi connectivity index (χ2v) is 8.60. The zero-order valence-electron chi connectivity index (χ0n) is 16.7. The van der Waals surface area contributed by atoms with Crippen LogP contribution in [0.4, 0.5) is 0 Å². The Bertz CT molecular complexity index is 1280. The van der Waals surface area contributed by atoms with Crippen molar-refractivity contribution in [1.29, 1.82) is 0 Å². The number of ether oxygens (including phenoxy) is 2. The average Bonchev–Trinajstić information content (AvgIpc) is 3.41. The number of pyridine rings is 1. The molecule has 0 N–H and O–H groups in total. The molecule has 5 rings (SSSR count). The van der Waals surface area contributed by atoms with Crippen molar-refractivity contribution >= 4 is 51.0 Å². The van der Waals surface area contributed by atoms with Crippen molar-refractivity contribution in [2.45, 2.75) is 13.0 Å². The molecule has 3 heterocycles. The van der Waals surface area contributed by atoms with Gasteiger partial charge < -0.3 is 14.0 Å². The first-order valence-corrected chi connectivity index (χ1v) is 10.9. The minimum Gasteiger partial charge on any atom is -0.461 e. The van der Waals surface area contributed by atoms with Crippen LogP contribution in [0, 0.1) is 5.92 Å². The summed E-state index contributed by atoms with van der Waals surface area (Å²) in [6, 6.07) is 15.3. The predicted octanol–water partition coefficient (Wildman–Crippen LogP) is 5.74. The molecule has 0 amide bonds. The molecule has 0 radical (unpaired) electrons. The molecule has 0 bridgehead atoms. The first-order chi connectivity index (χ1) is 15.1. The summed E-state index contributed by atoms with van der Waals surface area (Å²) in [6.45, 7) is 2.26. The maximum atomic E-state index is 12.6. The summed E-state index contributed by atoms with van der Waals surface area (Å²) in [5, 5.41) is 3.27. The minimum absolute atomic E-state index is 0.261. The van der Waals surface area contributed by atoms with Crippen LogP contribution in [0.3, 0.4) is 0 Å². The van der Waals surface area contributed by atoms with Gasteiger partial charge in [-0.3, -0.25) is 0 Å². The largest absolute Gasteiger partial charge is 0.461 e. The first-order valence-electron chi connectivity index (χ1n) is 10.2.